The van der Waals surface area contributed by atoms with Crippen molar-refractivity contribution in [3.05, 3.63) is 17.5 Å². The average Bonchev–Trinajstić information content (AvgIpc) is 2.48. The van der Waals surface area contributed by atoms with Crippen LogP contribution in [0.15, 0.2) is 6.07 Å². The molecule has 1 rings (SSSR count). The van der Waals surface area contributed by atoms with Crippen LogP contribution in [-0.2, 0) is 11.3 Å². The standard InChI is InChI=1S/C11H20N2O/c1-8(2)11-6-9(3)13(12-11)7-10(4)14-5/h6,8,10H,7H2,1-5H3. The number of nitrogens with zero attached hydrogens (tertiary/aromatic N) is 2. The normalized spacial score (nSPS) is 13.6. The highest BCUT2D eigenvalue weighted by Gasteiger charge is 2.09. The maximum Gasteiger partial charge on any atom is 0.0739 e. The summed E-state index contributed by atoms with van der Waals surface area (Å²) in [6, 6.07) is 2.15. The van der Waals surface area contributed by atoms with Gasteiger partial charge in [-0.1, -0.05) is 13.8 Å². The fraction of sp³-hybridized carbons (Fsp3) is 0.727. The summed E-state index contributed by atoms with van der Waals surface area (Å²) in [5.41, 5.74) is 2.36. The van der Waals surface area contributed by atoms with Gasteiger partial charge >= 0.3 is 0 Å². The molecule has 0 aliphatic heterocycles. The van der Waals surface area contributed by atoms with E-state index >= 15 is 0 Å². The quantitative estimate of drug-likeness (QED) is 0.739. The zero-order chi connectivity index (χ0) is 10.7. The van der Waals surface area contributed by atoms with Gasteiger partial charge in [-0.3, -0.25) is 4.68 Å². The van der Waals surface area contributed by atoms with Crippen LogP contribution in [0.3, 0.4) is 0 Å². The Morgan fingerprint density at radius 1 is 1.43 bits per heavy atom. The first-order valence-corrected chi connectivity index (χ1v) is 5.11. The van der Waals surface area contributed by atoms with Gasteiger partial charge in [0.15, 0.2) is 0 Å². The van der Waals surface area contributed by atoms with E-state index in [1.165, 1.54) is 5.69 Å². The fourth-order valence-corrected chi connectivity index (χ4v) is 1.32. The van der Waals surface area contributed by atoms with E-state index in [9.17, 15) is 0 Å². The average molecular weight is 196 g/mol. The predicted octanol–water partition coefficient (Wildman–Crippen LogP) is 2.35. The first kappa shape index (κ1) is 11.2. The van der Waals surface area contributed by atoms with Crippen molar-refractivity contribution in [2.24, 2.45) is 0 Å². The molecular formula is C11H20N2O. The molecule has 1 atom stereocenters. The lowest BCUT2D eigenvalue weighted by Crippen LogP contribution is -2.16. The van der Waals surface area contributed by atoms with E-state index in [0.29, 0.717) is 5.92 Å². The van der Waals surface area contributed by atoms with E-state index in [1.807, 2.05) is 4.68 Å². The van der Waals surface area contributed by atoms with Crippen LogP contribution >= 0.6 is 0 Å². The number of rotatable bonds is 4. The van der Waals surface area contributed by atoms with Gasteiger partial charge in [0, 0.05) is 12.8 Å². The molecule has 0 radical (unpaired) electrons. The van der Waals surface area contributed by atoms with Crippen molar-refractivity contribution >= 4 is 0 Å². The lowest BCUT2D eigenvalue weighted by molar-refractivity contribution is 0.0991. The van der Waals surface area contributed by atoms with Crippen molar-refractivity contribution in [3.8, 4) is 0 Å². The Balaban J connectivity index is 2.77. The molecule has 0 bridgehead atoms. The van der Waals surface area contributed by atoms with Crippen molar-refractivity contribution in [3.63, 3.8) is 0 Å². The van der Waals surface area contributed by atoms with Gasteiger partial charge in [-0.25, -0.2) is 0 Å². The van der Waals surface area contributed by atoms with Crippen LogP contribution in [0.2, 0.25) is 0 Å². The van der Waals surface area contributed by atoms with Crippen LogP contribution in [-0.4, -0.2) is 23.0 Å². The van der Waals surface area contributed by atoms with Gasteiger partial charge in [-0.2, -0.15) is 5.10 Å². The van der Waals surface area contributed by atoms with Crippen LogP contribution in [0.4, 0.5) is 0 Å². The van der Waals surface area contributed by atoms with E-state index in [4.69, 9.17) is 4.74 Å². The van der Waals surface area contributed by atoms with E-state index in [2.05, 4.69) is 38.9 Å². The molecule has 0 amide bonds. The molecule has 0 aromatic carbocycles. The van der Waals surface area contributed by atoms with Crippen LogP contribution in [0.5, 0.6) is 0 Å². The summed E-state index contributed by atoms with van der Waals surface area (Å²) < 4.78 is 7.24. The summed E-state index contributed by atoms with van der Waals surface area (Å²) in [7, 11) is 1.73. The van der Waals surface area contributed by atoms with Crippen molar-refractivity contribution in [2.45, 2.75) is 46.3 Å². The van der Waals surface area contributed by atoms with Crippen molar-refractivity contribution < 1.29 is 4.74 Å². The molecule has 0 saturated carbocycles. The molecule has 3 nitrogen and oxygen atoms in total. The summed E-state index contributed by atoms with van der Waals surface area (Å²) in [6.07, 6.45) is 0.216. The number of aromatic nitrogens is 2. The maximum atomic E-state index is 5.22. The molecule has 14 heavy (non-hydrogen) atoms. The SMILES string of the molecule is COC(C)Cn1nc(C(C)C)cc1C. The van der Waals surface area contributed by atoms with Crippen LogP contribution < -0.4 is 0 Å². The van der Waals surface area contributed by atoms with Crippen molar-refractivity contribution in [1.82, 2.24) is 9.78 Å². The number of aryl methyl sites for hydroxylation is 1. The first-order chi connectivity index (χ1) is 6.54. The van der Waals surface area contributed by atoms with Crippen LogP contribution in [0, 0.1) is 6.92 Å². The first-order valence-electron chi connectivity index (χ1n) is 5.11. The van der Waals surface area contributed by atoms with Crippen molar-refractivity contribution in [2.75, 3.05) is 7.11 Å². The number of methoxy groups -OCH3 is 1. The zero-order valence-corrected chi connectivity index (χ0v) is 9.74. The molecule has 0 aliphatic rings. The van der Waals surface area contributed by atoms with Gasteiger partial charge < -0.3 is 4.74 Å². The molecule has 0 aliphatic carbocycles. The van der Waals surface area contributed by atoms with E-state index < -0.39 is 0 Å². The molecule has 1 heterocycles. The fourth-order valence-electron chi connectivity index (χ4n) is 1.32. The lowest BCUT2D eigenvalue weighted by Gasteiger charge is -2.10. The van der Waals surface area contributed by atoms with Gasteiger partial charge in [0.05, 0.1) is 18.3 Å². The second kappa shape index (κ2) is 4.60. The third kappa shape index (κ3) is 2.58. The highest BCUT2D eigenvalue weighted by molar-refractivity contribution is 5.11. The highest BCUT2D eigenvalue weighted by Crippen LogP contribution is 2.14. The summed E-state index contributed by atoms with van der Waals surface area (Å²) >= 11 is 0. The van der Waals surface area contributed by atoms with Crippen LogP contribution in [0.25, 0.3) is 0 Å². The minimum absolute atomic E-state index is 0.216. The maximum absolute atomic E-state index is 5.22. The molecule has 80 valence electrons. The summed E-state index contributed by atoms with van der Waals surface area (Å²) in [6.45, 7) is 9.28. The molecular weight excluding hydrogens is 176 g/mol. The lowest BCUT2D eigenvalue weighted by atomic mass is 10.1. The topological polar surface area (TPSA) is 27.1 Å². The van der Waals surface area contributed by atoms with Crippen LogP contribution in [0.1, 0.15) is 38.1 Å². The van der Waals surface area contributed by atoms with Gasteiger partial charge in [-0.05, 0) is 25.8 Å². The molecule has 0 spiro atoms. The molecule has 1 aromatic rings. The molecule has 3 heteroatoms. The number of hydrogen-bond acceptors (Lipinski definition) is 2. The molecule has 1 aromatic heterocycles. The molecule has 0 fully saturated rings. The van der Waals surface area contributed by atoms with Gasteiger partial charge in [0.1, 0.15) is 0 Å². The molecule has 0 N–H and O–H groups in total. The van der Waals surface area contributed by atoms with Gasteiger partial charge in [0.25, 0.3) is 0 Å². The van der Waals surface area contributed by atoms with Gasteiger partial charge in [0.2, 0.25) is 0 Å². The Hall–Kier alpha value is -0.830. The summed E-state index contributed by atoms with van der Waals surface area (Å²) in [5, 5.41) is 4.53. The largest absolute Gasteiger partial charge is 0.380 e. The Kier molecular flexibility index (Phi) is 3.69. The number of ether oxygens (including phenoxy) is 1. The minimum atomic E-state index is 0.216. The second-order valence-corrected chi connectivity index (χ2v) is 4.09. The van der Waals surface area contributed by atoms with Crippen molar-refractivity contribution in [1.29, 1.82) is 0 Å². The Morgan fingerprint density at radius 2 is 2.07 bits per heavy atom. The zero-order valence-electron chi connectivity index (χ0n) is 9.74. The van der Waals surface area contributed by atoms with Gasteiger partial charge in [-0.15, -0.1) is 0 Å². The third-order valence-corrected chi connectivity index (χ3v) is 2.42. The monoisotopic (exact) mass is 196 g/mol. The third-order valence-electron chi connectivity index (χ3n) is 2.42. The molecule has 0 saturated heterocycles. The Bertz CT molecular complexity index is 291. The summed E-state index contributed by atoms with van der Waals surface area (Å²) in [4.78, 5) is 0. The Labute approximate surface area is 86.1 Å². The smallest absolute Gasteiger partial charge is 0.0739 e. The number of hydrogen-bond donors (Lipinski definition) is 0. The predicted molar refractivity (Wildman–Crippen MR) is 57.5 cm³/mol. The second-order valence-electron chi connectivity index (χ2n) is 4.09. The Morgan fingerprint density at radius 3 is 2.50 bits per heavy atom. The highest BCUT2D eigenvalue weighted by atomic mass is 16.5. The molecule has 1 unspecified atom stereocenters. The van der Waals surface area contributed by atoms with E-state index in [-0.39, 0.29) is 6.10 Å². The van der Waals surface area contributed by atoms with E-state index in [1.54, 1.807) is 7.11 Å². The minimum Gasteiger partial charge on any atom is -0.380 e. The van der Waals surface area contributed by atoms with E-state index in [0.717, 1.165) is 12.2 Å². The summed E-state index contributed by atoms with van der Waals surface area (Å²) in [5.74, 6) is 0.493.